The zero-order valence-corrected chi connectivity index (χ0v) is 10.1. The third kappa shape index (κ3) is 3.79. The average molecular weight is 259 g/mol. The predicted molar refractivity (Wildman–Crippen MR) is 62.7 cm³/mol. The lowest BCUT2D eigenvalue weighted by Crippen LogP contribution is -2.35. The number of nitrogens with two attached hydrogens (primary N) is 1. The van der Waals surface area contributed by atoms with E-state index in [-0.39, 0.29) is 12.3 Å². The van der Waals surface area contributed by atoms with Gasteiger partial charge >= 0.3 is 0 Å². The van der Waals surface area contributed by atoms with E-state index in [1.165, 1.54) is 18.2 Å². The van der Waals surface area contributed by atoms with E-state index in [4.69, 9.17) is 11.1 Å². The molecule has 0 amide bonds. The van der Waals surface area contributed by atoms with Crippen molar-refractivity contribution in [2.45, 2.75) is 24.3 Å². The van der Waals surface area contributed by atoms with Crippen LogP contribution in [0.2, 0.25) is 0 Å². The molecule has 0 spiro atoms. The van der Waals surface area contributed by atoms with Crippen LogP contribution in [0.4, 0.5) is 4.39 Å². The summed E-state index contributed by atoms with van der Waals surface area (Å²) in [6, 6.07) is 4.54. The number of rotatable bonds is 5. The first kappa shape index (κ1) is 13.6. The molecule has 0 aliphatic rings. The summed E-state index contributed by atoms with van der Waals surface area (Å²) >= 11 is 0. The minimum absolute atomic E-state index is 0.0771. The lowest BCUT2D eigenvalue weighted by molar-refractivity contribution is 0.545. The van der Waals surface area contributed by atoms with Gasteiger partial charge in [0, 0.05) is 12.5 Å². The van der Waals surface area contributed by atoms with Gasteiger partial charge in [0.1, 0.15) is 10.7 Å². The van der Waals surface area contributed by atoms with Crippen molar-refractivity contribution in [2.75, 3.05) is 0 Å². The van der Waals surface area contributed by atoms with Gasteiger partial charge in [0.05, 0.1) is 5.84 Å². The fraction of sp³-hybridized carbons (Fsp3) is 0.300. The van der Waals surface area contributed by atoms with Crippen molar-refractivity contribution in [2.24, 2.45) is 5.73 Å². The zero-order chi connectivity index (χ0) is 13.1. The lowest BCUT2D eigenvalue weighted by Gasteiger charge is -2.13. The molecule has 0 fully saturated rings. The van der Waals surface area contributed by atoms with Crippen LogP contribution in [0.5, 0.6) is 0 Å². The molecule has 4 N–H and O–H groups in total. The van der Waals surface area contributed by atoms with Gasteiger partial charge in [0.15, 0.2) is 0 Å². The van der Waals surface area contributed by atoms with Crippen molar-refractivity contribution >= 4 is 15.9 Å². The first-order valence-electron chi connectivity index (χ1n) is 4.92. The number of halogens is 1. The zero-order valence-electron chi connectivity index (χ0n) is 9.27. The Kier molecular flexibility index (Phi) is 4.19. The number of sulfonamides is 1. The van der Waals surface area contributed by atoms with Gasteiger partial charge in [-0.1, -0.05) is 12.1 Å². The van der Waals surface area contributed by atoms with Gasteiger partial charge in [-0.25, -0.2) is 17.5 Å². The van der Waals surface area contributed by atoms with Gasteiger partial charge < -0.3 is 5.73 Å². The summed E-state index contributed by atoms with van der Waals surface area (Å²) in [5.74, 6) is -0.941. The van der Waals surface area contributed by atoms with Crippen LogP contribution in [0.3, 0.4) is 0 Å². The summed E-state index contributed by atoms with van der Waals surface area (Å²) in [6.45, 7) is 1.56. The van der Waals surface area contributed by atoms with Crippen molar-refractivity contribution in [1.82, 2.24) is 4.72 Å². The normalized spacial score (nSPS) is 13.3. The molecule has 0 bridgehead atoms. The average Bonchev–Trinajstić information content (AvgIpc) is 2.15. The van der Waals surface area contributed by atoms with Crippen LogP contribution in [-0.4, -0.2) is 20.3 Å². The monoisotopic (exact) mass is 259 g/mol. The quantitative estimate of drug-likeness (QED) is 0.539. The van der Waals surface area contributed by atoms with Crippen molar-refractivity contribution in [3.8, 4) is 0 Å². The molecule has 1 rings (SSSR count). The lowest BCUT2D eigenvalue weighted by atomic mass is 10.2. The summed E-state index contributed by atoms with van der Waals surface area (Å²) in [5, 5.41) is 7.05. The summed E-state index contributed by atoms with van der Waals surface area (Å²) < 4.78 is 39.1. The Morgan fingerprint density at radius 2 is 2.12 bits per heavy atom. The second-order valence-electron chi connectivity index (χ2n) is 3.68. The maximum absolute atomic E-state index is 13.3. The minimum Gasteiger partial charge on any atom is -0.388 e. The maximum Gasteiger partial charge on any atom is 0.243 e. The van der Waals surface area contributed by atoms with Crippen molar-refractivity contribution in [3.05, 3.63) is 30.1 Å². The predicted octanol–water partition coefficient (Wildman–Crippen LogP) is 0.819. The van der Waals surface area contributed by atoms with E-state index < -0.39 is 26.8 Å². The molecule has 0 aromatic heterocycles. The third-order valence-corrected chi connectivity index (χ3v) is 3.63. The molecule has 0 aliphatic carbocycles. The topological polar surface area (TPSA) is 96.0 Å². The van der Waals surface area contributed by atoms with Gasteiger partial charge in [-0.3, -0.25) is 5.41 Å². The second-order valence-corrected chi connectivity index (χ2v) is 5.36. The molecule has 1 unspecified atom stereocenters. The SMILES string of the molecule is CC(CC(=N)N)NS(=O)(=O)c1ccccc1F. The van der Waals surface area contributed by atoms with Crippen LogP contribution >= 0.6 is 0 Å². The van der Waals surface area contributed by atoms with Crippen molar-refractivity contribution < 1.29 is 12.8 Å². The highest BCUT2D eigenvalue weighted by Gasteiger charge is 2.20. The first-order valence-corrected chi connectivity index (χ1v) is 6.41. The number of hydrogen-bond acceptors (Lipinski definition) is 3. The highest BCUT2D eigenvalue weighted by molar-refractivity contribution is 7.89. The van der Waals surface area contributed by atoms with E-state index in [1.807, 2.05) is 0 Å². The molecule has 0 saturated carbocycles. The highest BCUT2D eigenvalue weighted by Crippen LogP contribution is 2.13. The molecule has 1 aromatic carbocycles. The Labute approximate surface area is 99.4 Å². The van der Waals surface area contributed by atoms with Crippen LogP contribution in [0.25, 0.3) is 0 Å². The van der Waals surface area contributed by atoms with E-state index in [1.54, 1.807) is 6.92 Å². The second kappa shape index (κ2) is 5.24. The Hall–Kier alpha value is -1.47. The van der Waals surface area contributed by atoms with E-state index in [2.05, 4.69) is 4.72 Å². The van der Waals surface area contributed by atoms with E-state index in [0.717, 1.165) is 6.07 Å². The number of amidine groups is 1. The largest absolute Gasteiger partial charge is 0.388 e. The highest BCUT2D eigenvalue weighted by atomic mass is 32.2. The van der Waals surface area contributed by atoms with Crippen LogP contribution in [0.1, 0.15) is 13.3 Å². The van der Waals surface area contributed by atoms with Crippen LogP contribution < -0.4 is 10.5 Å². The molecule has 0 saturated heterocycles. The molecular weight excluding hydrogens is 245 g/mol. The summed E-state index contributed by atoms with van der Waals surface area (Å²) in [6.07, 6.45) is 0.0771. The van der Waals surface area contributed by atoms with E-state index >= 15 is 0 Å². The molecule has 1 atom stereocenters. The molecule has 94 valence electrons. The Balaban J connectivity index is 2.90. The third-order valence-electron chi connectivity index (χ3n) is 2.01. The fourth-order valence-corrected chi connectivity index (χ4v) is 2.69. The van der Waals surface area contributed by atoms with Crippen molar-refractivity contribution in [1.29, 1.82) is 5.41 Å². The molecule has 0 heterocycles. The Morgan fingerprint density at radius 3 is 2.65 bits per heavy atom. The van der Waals surface area contributed by atoms with E-state index in [9.17, 15) is 12.8 Å². The number of hydrogen-bond donors (Lipinski definition) is 3. The summed E-state index contributed by atoms with van der Waals surface area (Å²) in [7, 11) is -3.91. The van der Waals surface area contributed by atoms with Crippen LogP contribution in [-0.2, 0) is 10.0 Å². The summed E-state index contributed by atoms with van der Waals surface area (Å²) in [5.41, 5.74) is 5.16. The number of benzene rings is 1. The number of nitrogens with one attached hydrogen (secondary N) is 2. The smallest absolute Gasteiger partial charge is 0.243 e. The Bertz CT molecular complexity index is 516. The van der Waals surface area contributed by atoms with Gasteiger partial charge in [0.25, 0.3) is 0 Å². The molecule has 5 nitrogen and oxygen atoms in total. The molecule has 1 aromatic rings. The molecule has 7 heteroatoms. The molecule has 17 heavy (non-hydrogen) atoms. The van der Waals surface area contributed by atoms with E-state index in [0.29, 0.717) is 0 Å². The van der Waals surface area contributed by atoms with Gasteiger partial charge in [0.2, 0.25) is 10.0 Å². The van der Waals surface area contributed by atoms with Gasteiger partial charge in [-0.05, 0) is 19.1 Å². The standard InChI is InChI=1S/C10H14FN3O2S/c1-7(6-10(12)13)14-17(15,16)9-5-3-2-4-8(9)11/h2-5,7,14H,6H2,1H3,(H3,12,13). The fourth-order valence-electron chi connectivity index (χ4n) is 1.36. The Morgan fingerprint density at radius 1 is 1.53 bits per heavy atom. The van der Waals surface area contributed by atoms with Gasteiger partial charge in [-0.2, -0.15) is 0 Å². The molecule has 0 radical (unpaired) electrons. The maximum atomic E-state index is 13.3. The first-order chi connectivity index (χ1) is 7.83. The van der Waals surface area contributed by atoms with Crippen LogP contribution in [0, 0.1) is 11.2 Å². The minimum atomic E-state index is -3.91. The molecular formula is C10H14FN3O2S. The van der Waals surface area contributed by atoms with Crippen LogP contribution in [0.15, 0.2) is 29.2 Å². The molecule has 0 aliphatic heterocycles. The summed E-state index contributed by atoms with van der Waals surface area (Å²) in [4.78, 5) is -0.407. The van der Waals surface area contributed by atoms with Gasteiger partial charge in [-0.15, -0.1) is 0 Å². The van der Waals surface area contributed by atoms with Crippen molar-refractivity contribution in [3.63, 3.8) is 0 Å².